The zero-order chi connectivity index (χ0) is 31.8. The summed E-state index contributed by atoms with van der Waals surface area (Å²) >= 11 is -1.45. The van der Waals surface area contributed by atoms with Crippen molar-refractivity contribution >= 4 is 39.9 Å². The Morgan fingerprint density at radius 3 is 2.40 bits per heavy atom. The number of aliphatic hydroxyl groups is 1. The number of unbranched alkanes of at least 4 members (excludes halogenated alkanes) is 3. The molecule has 1 saturated carbocycles. The van der Waals surface area contributed by atoms with Gasteiger partial charge in [0, 0.05) is 30.4 Å². The first-order chi connectivity index (χ1) is 21.9. The molecule has 240 valence electrons. The molecular weight excluding hydrogens is 586 g/mol. The number of nitrogens with zero attached hydrogens (tertiary/aromatic N) is 5. The predicted octanol–water partition coefficient (Wildman–Crippen LogP) is 6.26. The van der Waals surface area contributed by atoms with Crippen LogP contribution in [0.15, 0.2) is 59.6 Å². The second kappa shape index (κ2) is 15.6. The summed E-state index contributed by atoms with van der Waals surface area (Å²) in [6, 6.07) is 14.9. The van der Waals surface area contributed by atoms with E-state index < -0.39 is 11.4 Å². The number of aromatic nitrogens is 4. The second-order valence-corrected chi connectivity index (χ2v) is 13.3. The molecule has 1 amide bonds. The minimum Gasteiger partial charge on any atom is -0.588 e. The van der Waals surface area contributed by atoms with Gasteiger partial charge in [-0.2, -0.15) is 14.4 Å². The molecule has 0 saturated heterocycles. The number of amides is 1. The van der Waals surface area contributed by atoms with Gasteiger partial charge in [-0.15, -0.1) is 0 Å². The van der Waals surface area contributed by atoms with Gasteiger partial charge in [0.1, 0.15) is 17.1 Å². The smallest absolute Gasteiger partial charge is 0.251 e. The van der Waals surface area contributed by atoms with E-state index in [0.29, 0.717) is 23.0 Å². The third-order valence-electron chi connectivity index (χ3n) is 8.41. The lowest BCUT2D eigenvalue weighted by Crippen LogP contribution is -2.27. The molecule has 0 radical (unpaired) electrons. The molecule has 2 aromatic carbocycles. The van der Waals surface area contributed by atoms with Crippen LogP contribution in [0.3, 0.4) is 0 Å². The normalized spacial score (nSPS) is 17.3. The molecule has 4 aromatic rings. The Morgan fingerprint density at radius 2 is 1.71 bits per heavy atom. The van der Waals surface area contributed by atoms with E-state index in [1.165, 1.54) is 0 Å². The summed E-state index contributed by atoms with van der Waals surface area (Å²) in [7, 11) is 1.78. The third-order valence-corrected chi connectivity index (χ3v) is 9.79. The standard InChI is InChI=1S/C34H45N7O3S/c1-4-6-8-22-35-33(43)25-9-13-26(14-10-25)40(3)45(44)29-19-11-24(12-20-29)31-30-23-37-34(36-21-7-5-2)38-32(30)41(39-31)27-15-17-28(42)18-16-27/h9-14,19-20,23,27-28,42H,4-8,15-18,21-22H2,1-3H3,(H,35,43)(H,36,37,38). The zero-order valence-electron chi connectivity index (χ0n) is 26.5. The molecule has 1 aliphatic carbocycles. The highest BCUT2D eigenvalue weighted by Crippen LogP contribution is 2.35. The molecule has 5 rings (SSSR count). The van der Waals surface area contributed by atoms with Crippen LogP contribution in [0.4, 0.5) is 11.6 Å². The molecule has 1 atom stereocenters. The lowest BCUT2D eigenvalue weighted by atomic mass is 9.93. The fraction of sp³-hybridized carbons (Fsp3) is 0.471. The van der Waals surface area contributed by atoms with Gasteiger partial charge in [-0.3, -0.25) is 4.79 Å². The number of fused-ring (bicyclic) bond motifs is 1. The minimum absolute atomic E-state index is 0.0950. The first-order valence-electron chi connectivity index (χ1n) is 16.2. The summed E-state index contributed by atoms with van der Waals surface area (Å²) < 4.78 is 17.2. The van der Waals surface area contributed by atoms with Crippen molar-refractivity contribution in [2.24, 2.45) is 0 Å². The number of rotatable bonds is 14. The Bertz CT molecular complexity index is 1540. The molecule has 2 heterocycles. The SMILES string of the molecule is CCCCCNC(=O)c1ccc(N(C)[S+]([O-])c2ccc(-c3nn(C4CCC(O)CC4)c4nc(NCCCC)ncc34)cc2)cc1. The lowest BCUT2D eigenvalue weighted by molar-refractivity contribution is 0.0953. The van der Waals surface area contributed by atoms with E-state index >= 15 is 0 Å². The van der Waals surface area contributed by atoms with Crippen LogP contribution < -0.4 is 14.9 Å². The highest BCUT2D eigenvalue weighted by atomic mass is 32.2. The van der Waals surface area contributed by atoms with E-state index in [9.17, 15) is 14.5 Å². The highest BCUT2D eigenvalue weighted by Gasteiger charge is 2.26. The number of hydrogen-bond acceptors (Lipinski definition) is 8. The first kappa shape index (κ1) is 32.7. The molecule has 1 fully saturated rings. The molecule has 0 spiro atoms. The number of nitrogens with one attached hydrogen (secondary N) is 2. The number of benzene rings is 2. The maximum Gasteiger partial charge on any atom is 0.251 e. The molecule has 2 aromatic heterocycles. The van der Waals surface area contributed by atoms with Gasteiger partial charge in [0.2, 0.25) is 5.95 Å². The fourth-order valence-corrected chi connectivity index (χ4v) is 6.64. The van der Waals surface area contributed by atoms with Crippen molar-refractivity contribution in [1.82, 2.24) is 25.1 Å². The Balaban J connectivity index is 1.33. The van der Waals surface area contributed by atoms with Gasteiger partial charge in [-0.05, 0) is 87.1 Å². The summed E-state index contributed by atoms with van der Waals surface area (Å²) in [5.41, 5.74) is 3.80. The summed E-state index contributed by atoms with van der Waals surface area (Å²) in [4.78, 5) is 22.5. The maximum absolute atomic E-state index is 13.5. The van der Waals surface area contributed by atoms with Gasteiger partial charge in [0.05, 0.1) is 30.3 Å². The molecule has 3 N–H and O–H groups in total. The maximum atomic E-state index is 13.5. The lowest BCUT2D eigenvalue weighted by Gasteiger charge is -2.25. The van der Waals surface area contributed by atoms with Crippen LogP contribution in [0.25, 0.3) is 22.3 Å². The van der Waals surface area contributed by atoms with Crippen LogP contribution in [-0.4, -0.2) is 61.6 Å². The summed E-state index contributed by atoms with van der Waals surface area (Å²) in [6.07, 6.45) is 10.1. The Morgan fingerprint density at radius 1 is 1.00 bits per heavy atom. The van der Waals surface area contributed by atoms with E-state index in [4.69, 9.17) is 10.1 Å². The van der Waals surface area contributed by atoms with Gasteiger partial charge < -0.3 is 20.3 Å². The summed E-state index contributed by atoms with van der Waals surface area (Å²) in [5.74, 6) is 0.497. The topological polar surface area (TPSA) is 131 Å². The number of carbonyl (C=O) groups is 1. The van der Waals surface area contributed by atoms with Crippen molar-refractivity contribution in [3.8, 4) is 11.3 Å². The quantitative estimate of drug-likeness (QED) is 0.110. The molecular formula is C34H45N7O3S. The largest absolute Gasteiger partial charge is 0.588 e. The molecule has 0 aliphatic heterocycles. The van der Waals surface area contributed by atoms with Crippen molar-refractivity contribution in [3.05, 3.63) is 60.3 Å². The Kier molecular flexibility index (Phi) is 11.3. The Labute approximate surface area is 269 Å². The molecule has 10 nitrogen and oxygen atoms in total. The summed E-state index contributed by atoms with van der Waals surface area (Å²) in [5, 5.41) is 22.3. The molecule has 1 aliphatic rings. The number of anilines is 2. The van der Waals surface area contributed by atoms with E-state index in [2.05, 4.69) is 29.5 Å². The predicted molar refractivity (Wildman–Crippen MR) is 181 cm³/mol. The summed E-state index contributed by atoms with van der Waals surface area (Å²) in [6.45, 7) is 5.76. The molecule has 1 unspecified atom stereocenters. The monoisotopic (exact) mass is 631 g/mol. The van der Waals surface area contributed by atoms with Crippen LogP contribution in [0.2, 0.25) is 0 Å². The molecule has 0 bridgehead atoms. The van der Waals surface area contributed by atoms with Crippen LogP contribution in [-0.2, 0) is 11.4 Å². The van der Waals surface area contributed by atoms with Gasteiger partial charge >= 0.3 is 0 Å². The van der Waals surface area contributed by atoms with Crippen molar-refractivity contribution in [2.45, 2.75) is 88.7 Å². The van der Waals surface area contributed by atoms with E-state index in [1.54, 1.807) is 23.5 Å². The van der Waals surface area contributed by atoms with Crippen LogP contribution in [0.1, 0.15) is 88.0 Å². The molecule has 11 heteroatoms. The van der Waals surface area contributed by atoms with E-state index in [-0.39, 0.29) is 18.1 Å². The average molecular weight is 632 g/mol. The van der Waals surface area contributed by atoms with Crippen LogP contribution in [0.5, 0.6) is 0 Å². The van der Waals surface area contributed by atoms with Gasteiger partial charge in [-0.1, -0.05) is 33.1 Å². The van der Waals surface area contributed by atoms with Gasteiger partial charge in [0.25, 0.3) is 5.91 Å². The van der Waals surface area contributed by atoms with E-state index in [1.807, 2.05) is 47.3 Å². The van der Waals surface area contributed by atoms with E-state index in [0.717, 1.165) is 92.3 Å². The third kappa shape index (κ3) is 7.95. The fourth-order valence-electron chi connectivity index (χ4n) is 5.64. The average Bonchev–Trinajstić information content (AvgIpc) is 3.45. The van der Waals surface area contributed by atoms with Crippen molar-refractivity contribution in [1.29, 1.82) is 0 Å². The number of carbonyl (C=O) groups excluding carboxylic acids is 1. The second-order valence-electron chi connectivity index (χ2n) is 11.7. The molecule has 45 heavy (non-hydrogen) atoms. The minimum atomic E-state index is -1.45. The van der Waals surface area contributed by atoms with Crippen LogP contribution >= 0.6 is 0 Å². The zero-order valence-corrected chi connectivity index (χ0v) is 27.4. The number of aliphatic hydroxyl groups excluding tert-OH is 1. The van der Waals surface area contributed by atoms with Gasteiger partial charge in [0.15, 0.2) is 10.5 Å². The van der Waals surface area contributed by atoms with Gasteiger partial charge in [-0.25, -0.2) is 9.67 Å². The van der Waals surface area contributed by atoms with Crippen molar-refractivity contribution < 1.29 is 14.5 Å². The van der Waals surface area contributed by atoms with Crippen molar-refractivity contribution in [3.63, 3.8) is 0 Å². The number of hydrogen-bond donors (Lipinski definition) is 3. The highest BCUT2D eigenvalue weighted by molar-refractivity contribution is 7.92. The van der Waals surface area contributed by atoms with Crippen molar-refractivity contribution in [2.75, 3.05) is 29.8 Å². The first-order valence-corrected chi connectivity index (χ1v) is 17.3. The van der Waals surface area contributed by atoms with Crippen LogP contribution in [0, 0.1) is 0 Å². The Hall–Kier alpha value is -3.67.